The van der Waals surface area contributed by atoms with Gasteiger partial charge in [-0.2, -0.15) is 0 Å². The monoisotopic (exact) mass is 450 g/mol. The van der Waals surface area contributed by atoms with Crippen molar-refractivity contribution >= 4 is 54.0 Å². The van der Waals surface area contributed by atoms with Gasteiger partial charge in [-0.15, -0.1) is 0 Å². The Morgan fingerprint density at radius 3 is 1.57 bits per heavy atom. The minimum atomic E-state index is -2.22. The Kier molecular flexibility index (Phi) is 4.77. The summed E-state index contributed by atoms with van der Waals surface area (Å²) >= 11 is 9.07. The van der Waals surface area contributed by atoms with Gasteiger partial charge in [-0.25, -0.2) is 0 Å². The molecule has 0 saturated carbocycles. The Balaban J connectivity index is 3.54. The SMILES string of the molecule is N[CH](N)[Sn]([Br])([Br])[I]. The maximum atomic E-state index is 5.34. The van der Waals surface area contributed by atoms with Crippen LogP contribution in [0.5, 0.6) is 0 Å². The summed E-state index contributed by atoms with van der Waals surface area (Å²) in [4.78, 5) is 0. The van der Waals surface area contributed by atoms with E-state index in [1.54, 1.807) is 0 Å². The van der Waals surface area contributed by atoms with Crippen LogP contribution in [0.2, 0.25) is 0 Å². The second-order valence-electron chi connectivity index (χ2n) is 1.07. The van der Waals surface area contributed by atoms with Gasteiger partial charge in [0.25, 0.3) is 0 Å². The number of rotatable bonds is 1. The van der Waals surface area contributed by atoms with Crippen LogP contribution in [-0.4, -0.2) is 14.1 Å². The molecule has 0 spiro atoms. The number of nitrogens with two attached hydrogens (primary N) is 2. The van der Waals surface area contributed by atoms with Crippen LogP contribution in [0.25, 0.3) is 0 Å². The topological polar surface area (TPSA) is 52.0 Å². The number of hydrogen-bond acceptors (Lipinski definition) is 2. The van der Waals surface area contributed by atoms with Crippen molar-refractivity contribution < 1.29 is 0 Å². The third-order valence-corrected chi connectivity index (χ3v) is 14.5. The van der Waals surface area contributed by atoms with Gasteiger partial charge in [-0.3, -0.25) is 0 Å². The van der Waals surface area contributed by atoms with Gasteiger partial charge < -0.3 is 0 Å². The summed E-state index contributed by atoms with van der Waals surface area (Å²) < 4.78 is -0.171. The molecule has 44 valence electrons. The molecule has 0 heterocycles. The molecule has 0 saturated heterocycles. The summed E-state index contributed by atoms with van der Waals surface area (Å²) in [5.41, 5.74) is 10.7. The van der Waals surface area contributed by atoms with Crippen molar-refractivity contribution in [1.82, 2.24) is 0 Å². The van der Waals surface area contributed by atoms with E-state index in [0.717, 1.165) is 0 Å². The van der Waals surface area contributed by atoms with Crippen molar-refractivity contribution in [3.63, 3.8) is 0 Å². The first-order valence-corrected chi connectivity index (χ1v) is 24.3. The van der Waals surface area contributed by atoms with Gasteiger partial charge in [0.1, 0.15) is 0 Å². The van der Waals surface area contributed by atoms with Gasteiger partial charge in [0.2, 0.25) is 0 Å². The van der Waals surface area contributed by atoms with Crippen molar-refractivity contribution in [2.24, 2.45) is 11.5 Å². The third kappa shape index (κ3) is 4.88. The first-order chi connectivity index (χ1) is 2.94. The fourth-order valence-electron chi connectivity index (χ4n) is 0. The average Bonchev–Trinajstić information content (AvgIpc) is 1.31. The van der Waals surface area contributed by atoms with Gasteiger partial charge in [-0.05, 0) is 0 Å². The molecule has 0 amide bonds. The molecule has 0 rings (SSSR count). The van der Waals surface area contributed by atoms with Gasteiger partial charge in [0.05, 0.1) is 0 Å². The van der Waals surface area contributed by atoms with Gasteiger partial charge in [-0.1, -0.05) is 0 Å². The molecule has 7 heavy (non-hydrogen) atoms. The maximum absolute atomic E-state index is 5.34. The summed E-state index contributed by atoms with van der Waals surface area (Å²) in [5, 5.41) is 0. The van der Waals surface area contributed by atoms with Crippen LogP contribution >= 0.6 is 44.0 Å². The molecule has 2 nitrogen and oxygen atoms in total. The second kappa shape index (κ2) is 3.55. The Morgan fingerprint density at radius 1 is 1.43 bits per heavy atom. The summed E-state index contributed by atoms with van der Waals surface area (Å²) in [6.07, 6.45) is 0. The van der Waals surface area contributed by atoms with Crippen molar-refractivity contribution in [3.8, 4) is 0 Å². The zero-order chi connectivity index (χ0) is 6.08. The number of hydrogen-bond donors (Lipinski definition) is 2. The molecule has 0 aromatic heterocycles. The Morgan fingerprint density at radius 2 is 1.57 bits per heavy atom. The van der Waals surface area contributed by atoms with Gasteiger partial charge in [0, 0.05) is 0 Å². The van der Waals surface area contributed by atoms with Crippen LogP contribution in [0, 0.1) is 0 Å². The molecule has 0 atom stereocenters. The van der Waals surface area contributed by atoms with E-state index < -0.39 is 9.97 Å². The summed E-state index contributed by atoms with van der Waals surface area (Å²) in [6, 6.07) is 0. The predicted octanol–water partition coefficient (Wildman–Crippen LogP) is 0.933. The van der Waals surface area contributed by atoms with Crippen LogP contribution in [0.15, 0.2) is 0 Å². The van der Waals surface area contributed by atoms with Crippen LogP contribution in [0.1, 0.15) is 0 Å². The van der Waals surface area contributed by atoms with Gasteiger partial charge in [0.15, 0.2) is 0 Å². The molecule has 0 aliphatic heterocycles. The van der Waals surface area contributed by atoms with Crippen molar-refractivity contribution in [3.05, 3.63) is 0 Å². The van der Waals surface area contributed by atoms with Crippen LogP contribution < -0.4 is 11.5 Å². The van der Waals surface area contributed by atoms with E-state index >= 15 is 0 Å². The molecule has 0 unspecified atom stereocenters. The normalized spacial score (nSPS) is 12.9. The Hall–Kier alpha value is 2.41. The summed E-state index contributed by atoms with van der Waals surface area (Å²) in [7, 11) is -2.22. The molecule has 0 fully saturated rings. The molecule has 0 aliphatic carbocycles. The molecule has 4 N–H and O–H groups in total. The van der Waals surface area contributed by atoms with E-state index in [0.29, 0.717) is 0 Å². The molecule has 0 radical (unpaired) electrons. The first-order valence-electron chi connectivity index (χ1n) is 1.52. The van der Waals surface area contributed by atoms with E-state index in [1.807, 2.05) is 0 Å². The van der Waals surface area contributed by atoms with Gasteiger partial charge >= 0.3 is 69.7 Å². The summed E-state index contributed by atoms with van der Waals surface area (Å²) in [6.45, 7) is 0. The quantitative estimate of drug-likeness (QED) is 0.355. The fraction of sp³-hybridized carbons (Fsp3) is 1.00. The van der Waals surface area contributed by atoms with Crippen LogP contribution in [0.3, 0.4) is 0 Å². The molecule has 0 aliphatic rings. The molecular weight excluding hydrogens is 445 g/mol. The zero-order valence-electron chi connectivity index (χ0n) is 3.37. The molecule has 0 aromatic rings. The zero-order valence-corrected chi connectivity index (χ0v) is 11.5. The fourth-order valence-corrected chi connectivity index (χ4v) is 0. The van der Waals surface area contributed by atoms with Crippen molar-refractivity contribution in [1.29, 1.82) is 0 Å². The van der Waals surface area contributed by atoms with Crippen LogP contribution in [-0.2, 0) is 0 Å². The standard InChI is InChI=1S/CH5N2.2BrH.HI.Sn/c2-1-3;;;;/h1H,2-3H2;3*1H;/q;;;;+3/p-3. The van der Waals surface area contributed by atoms with E-state index in [9.17, 15) is 0 Å². The van der Waals surface area contributed by atoms with Crippen LogP contribution in [0.4, 0.5) is 0 Å². The molecule has 0 bridgehead atoms. The van der Waals surface area contributed by atoms with E-state index in [4.69, 9.17) is 11.5 Å². The second-order valence-corrected chi connectivity index (χ2v) is 61.3. The predicted molar refractivity (Wildman–Crippen MR) is 49.8 cm³/mol. The number of halogens is 3. The molecular formula is CH5Br2IN2Sn. The Labute approximate surface area is 68.3 Å². The van der Waals surface area contributed by atoms with Crippen molar-refractivity contribution in [2.75, 3.05) is 0 Å². The average molecular weight is 450 g/mol. The van der Waals surface area contributed by atoms with E-state index in [2.05, 4.69) is 44.0 Å². The summed E-state index contributed by atoms with van der Waals surface area (Å²) in [5.74, 6) is 0. The van der Waals surface area contributed by atoms with Crippen molar-refractivity contribution in [2.45, 2.75) is 4.18 Å². The minimum absolute atomic E-state index is 0.171. The molecule has 0 aromatic carbocycles. The molecule has 6 heteroatoms. The van der Waals surface area contributed by atoms with E-state index in [-0.39, 0.29) is 4.18 Å². The Bertz CT molecular complexity index is 61.2. The third-order valence-electron chi connectivity index (χ3n) is 0.378. The van der Waals surface area contributed by atoms with E-state index in [1.165, 1.54) is 0 Å². The first kappa shape index (κ1) is 9.41.